The van der Waals surface area contributed by atoms with Crippen molar-refractivity contribution in [3.8, 4) is 0 Å². The highest BCUT2D eigenvalue weighted by molar-refractivity contribution is 14.1. The molecule has 2 aromatic rings. The average Bonchev–Trinajstić information content (AvgIpc) is 2.98. The summed E-state index contributed by atoms with van der Waals surface area (Å²) in [7, 11) is -1.75. The van der Waals surface area contributed by atoms with Gasteiger partial charge < -0.3 is 0 Å². The van der Waals surface area contributed by atoms with Crippen LogP contribution in [0.3, 0.4) is 0 Å². The van der Waals surface area contributed by atoms with Crippen LogP contribution in [0.5, 0.6) is 0 Å². The number of rotatable bonds is 5. The summed E-state index contributed by atoms with van der Waals surface area (Å²) in [5.41, 5.74) is 3.02. The molecule has 1 heterocycles. The van der Waals surface area contributed by atoms with Gasteiger partial charge in [0.2, 0.25) is 10.0 Å². The van der Waals surface area contributed by atoms with E-state index in [4.69, 9.17) is 4.84 Å². The van der Waals surface area contributed by atoms with Gasteiger partial charge in [0.1, 0.15) is 5.25 Å². The van der Waals surface area contributed by atoms with Crippen LogP contribution in [0.1, 0.15) is 22.7 Å². The summed E-state index contributed by atoms with van der Waals surface area (Å²) in [4.78, 5) is 5.53. The highest BCUT2D eigenvalue weighted by atomic mass is 127. The molecule has 0 unspecified atom stereocenters. The quantitative estimate of drug-likeness (QED) is 0.680. The Morgan fingerprint density at radius 1 is 1.16 bits per heavy atom. The summed E-state index contributed by atoms with van der Waals surface area (Å²) < 4.78 is 29.5. The van der Waals surface area contributed by atoms with Crippen molar-refractivity contribution in [3.63, 3.8) is 0 Å². The highest BCUT2D eigenvalue weighted by Gasteiger charge is 2.42. The first-order chi connectivity index (χ1) is 11.9. The lowest BCUT2D eigenvalue weighted by molar-refractivity contribution is -0.110. The standard InChI is InChI=1S/C18H21IN2O3S/c1-13-3-5-14(6-4-13)11-20-25(22,23)17-12-24-21(2)18(17)15-7-9-16(19)10-8-15/h3-10,17-18,20H,11-12H2,1-2H3/t17-,18+/m0/s1. The van der Waals surface area contributed by atoms with Gasteiger partial charge in [0.25, 0.3) is 0 Å². The second kappa shape index (κ2) is 7.71. The molecule has 1 aliphatic rings. The van der Waals surface area contributed by atoms with Crippen molar-refractivity contribution in [2.24, 2.45) is 0 Å². The molecule has 0 bridgehead atoms. The van der Waals surface area contributed by atoms with E-state index < -0.39 is 15.3 Å². The Labute approximate surface area is 162 Å². The van der Waals surface area contributed by atoms with Gasteiger partial charge in [0.05, 0.1) is 12.6 Å². The Morgan fingerprint density at radius 3 is 2.44 bits per heavy atom. The van der Waals surface area contributed by atoms with Crippen LogP contribution in [0.2, 0.25) is 0 Å². The molecule has 3 rings (SSSR count). The molecule has 0 amide bonds. The molecule has 1 fully saturated rings. The van der Waals surface area contributed by atoms with Gasteiger partial charge in [-0.05, 0) is 52.8 Å². The lowest BCUT2D eigenvalue weighted by Crippen LogP contribution is -2.39. The molecule has 0 aliphatic carbocycles. The molecule has 0 radical (unpaired) electrons. The summed E-state index contributed by atoms with van der Waals surface area (Å²) in [6, 6.07) is 15.4. The van der Waals surface area contributed by atoms with Crippen molar-refractivity contribution >= 4 is 32.6 Å². The molecule has 0 spiro atoms. The van der Waals surface area contributed by atoms with Gasteiger partial charge >= 0.3 is 0 Å². The number of aryl methyl sites for hydroxylation is 1. The van der Waals surface area contributed by atoms with Crippen molar-refractivity contribution in [2.75, 3.05) is 13.7 Å². The predicted octanol–water partition coefficient (Wildman–Crippen LogP) is 3.01. The van der Waals surface area contributed by atoms with Crippen LogP contribution in [-0.2, 0) is 21.4 Å². The number of hydrogen-bond donors (Lipinski definition) is 1. The largest absolute Gasteiger partial charge is 0.297 e. The van der Waals surface area contributed by atoms with Gasteiger partial charge in [-0.15, -0.1) is 0 Å². The lowest BCUT2D eigenvalue weighted by atomic mass is 10.0. The Bertz CT molecular complexity index is 822. The van der Waals surface area contributed by atoms with E-state index in [0.29, 0.717) is 0 Å². The number of nitrogens with one attached hydrogen (secondary N) is 1. The van der Waals surface area contributed by atoms with E-state index >= 15 is 0 Å². The Kier molecular flexibility index (Phi) is 5.79. The summed E-state index contributed by atoms with van der Waals surface area (Å²) in [6.07, 6.45) is 0. The van der Waals surface area contributed by atoms with Crippen molar-refractivity contribution in [2.45, 2.75) is 24.8 Å². The second-order valence-corrected chi connectivity index (χ2v) is 9.46. The van der Waals surface area contributed by atoms with E-state index in [1.807, 2.05) is 55.5 Å². The highest BCUT2D eigenvalue weighted by Crippen LogP contribution is 2.33. The van der Waals surface area contributed by atoms with Crippen molar-refractivity contribution < 1.29 is 13.3 Å². The number of nitrogens with zero attached hydrogens (tertiary/aromatic N) is 1. The van der Waals surface area contributed by atoms with Crippen molar-refractivity contribution in [1.29, 1.82) is 0 Å². The van der Waals surface area contributed by atoms with Gasteiger partial charge in [-0.1, -0.05) is 42.0 Å². The molecule has 134 valence electrons. The minimum absolute atomic E-state index is 0.149. The Morgan fingerprint density at radius 2 is 1.80 bits per heavy atom. The van der Waals surface area contributed by atoms with Gasteiger partial charge in [-0.3, -0.25) is 4.84 Å². The Hall–Kier alpha value is -1.00. The number of hydroxylamine groups is 2. The number of halogens is 1. The van der Waals surface area contributed by atoms with Gasteiger partial charge in [-0.2, -0.15) is 5.06 Å². The van der Waals surface area contributed by atoms with Gasteiger partial charge in [0, 0.05) is 17.2 Å². The van der Waals surface area contributed by atoms with E-state index in [1.165, 1.54) is 0 Å². The normalized spacial score (nSPS) is 21.6. The minimum Gasteiger partial charge on any atom is -0.297 e. The van der Waals surface area contributed by atoms with E-state index in [9.17, 15) is 8.42 Å². The molecule has 2 atom stereocenters. The zero-order valence-electron chi connectivity index (χ0n) is 14.1. The third-order valence-corrected chi connectivity index (χ3v) is 6.85. The smallest absolute Gasteiger partial charge is 0.219 e. The van der Waals surface area contributed by atoms with E-state index in [2.05, 4.69) is 27.3 Å². The fourth-order valence-electron chi connectivity index (χ4n) is 2.94. The fourth-order valence-corrected chi connectivity index (χ4v) is 4.79. The van der Waals surface area contributed by atoms with Gasteiger partial charge in [0.15, 0.2) is 0 Å². The monoisotopic (exact) mass is 472 g/mol. The van der Waals surface area contributed by atoms with Crippen LogP contribution in [0, 0.1) is 10.5 Å². The Balaban J connectivity index is 1.77. The molecular weight excluding hydrogens is 451 g/mol. The number of sulfonamides is 1. The van der Waals surface area contributed by atoms with Gasteiger partial charge in [-0.25, -0.2) is 13.1 Å². The molecule has 0 aromatic heterocycles. The van der Waals surface area contributed by atoms with Crippen LogP contribution in [0.25, 0.3) is 0 Å². The molecule has 5 nitrogen and oxygen atoms in total. The maximum Gasteiger partial charge on any atom is 0.219 e. The molecule has 25 heavy (non-hydrogen) atoms. The zero-order valence-corrected chi connectivity index (χ0v) is 17.1. The molecule has 1 aliphatic heterocycles. The maximum atomic E-state index is 12.9. The fraction of sp³-hybridized carbons (Fsp3) is 0.333. The van der Waals surface area contributed by atoms with Crippen molar-refractivity contribution in [1.82, 2.24) is 9.79 Å². The zero-order chi connectivity index (χ0) is 18.0. The maximum absolute atomic E-state index is 12.9. The van der Waals surface area contributed by atoms with E-state index in [1.54, 1.807) is 12.1 Å². The lowest BCUT2D eigenvalue weighted by Gasteiger charge is -2.23. The van der Waals surface area contributed by atoms with E-state index in [-0.39, 0.29) is 19.2 Å². The molecule has 7 heteroatoms. The van der Waals surface area contributed by atoms with E-state index in [0.717, 1.165) is 20.3 Å². The van der Waals surface area contributed by atoms with Crippen LogP contribution in [0.15, 0.2) is 48.5 Å². The summed E-state index contributed by atoms with van der Waals surface area (Å²) in [5, 5.41) is 0.987. The number of hydrogen-bond acceptors (Lipinski definition) is 4. The SMILES string of the molecule is Cc1ccc(CNS(=O)(=O)[C@H]2CON(C)[C@@H]2c2ccc(I)cc2)cc1. The second-order valence-electron chi connectivity index (χ2n) is 6.23. The van der Waals surface area contributed by atoms with Crippen LogP contribution >= 0.6 is 22.6 Å². The first kappa shape index (κ1) is 18.8. The van der Waals surface area contributed by atoms with Crippen LogP contribution in [0.4, 0.5) is 0 Å². The van der Waals surface area contributed by atoms with Crippen molar-refractivity contribution in [3.05, 3.63) is 68.8 Å². The molecular formula is C18H21IN2O3S. The predicted molar refractivity (Wildman–Crippen MR) is 106 cm³/mol. The number of benzene rings is 2. The molecule has 1 saturated heterocycles. The topological polar surface area (TPSA) is 58.6 Å². The third kappa shape index (κ3) is 4.40. The first-order valence-electron chi connectivity index (χ1n) is 8.02. The third-order valence-electron chi connectivity index (χ3n) is 4.39. The summed E-state index contributed by atoms with van der Waals surface area (Å²) >= 11 is 2.23. The summed E-state index contributed by atoms with van der Waals surface area (Å²) in [6.45, 7) is 2.43. The first-order valence-corrected chi connectivity index (χ1v) is 10.6. The molecule has 2 aromatic carbocycles. The molecule has 0 saturated carbocycles. The average molecular weight is 472 g/mol. The molecule has 1 N–H and O–H groups in total. The summed E-state index contributed by atoms with van der Waals surface area (Å²) in [5.74, 6) is 0. The van der Waals surface area contributed by atoms with Crippen LogP contribution in [-0.4, -0.2) is 32.4 Å². The minimum atomic E-state index is -3.53. The van der Waals surface area contributed by atoms with Crippen LogP contribution < -0.4 is 4.72 Å².